The summed E-state index contributed by atoms with van der Waals surface area (Å²) in [5.41, 5.74) is 0.814. The van der Waals surface area contributed by atoms with Crippen LogP contribution in [0.5, 0.6) is 0 Å². The van der Waals surface area contributed by atoms with E-state index in [-0.39, 0.29) is 18.6 Å². The van der Waals surface area contributed by atoms with Crippen molar-refractivity contribution in [1.29, 1.82) is 0 Å². The first-order chi connectivity index (χ1) is 13.8. The van der Waals surface area contributed by atoms with E-state index in [4.69, 9.17) is 0 Å². The van der Waals surface area contributed by atoms with E-state index in [0.717, 1.165) is 17.7 Å². The van der Waals surface area contributed by atoms with E-state index in [1.54, 1.807) is 0 Å². The highest BCUT2D eigenvalue weighted by Crippen LogP contribution is 2.32. The van der Waals surface area contributed by atoms with Gasteiger partial charge in [-0.15, -0.1) is 0 Å². The van der Waals surface area contributed by atoms with Crippen LogP contribution in [0, 0.1) is 5.82 Å². The van der Waals surface area contributed by atoms with Gasteiger partial charge in [-0.25, -0.2) is 9.37 Å². The van der Waals surface area contributed by atoms with Crippen molar-refractivity contribution in [3.05, 3.63) is 87.1 Å². The van der Waals surface area contributed by atoms with Crippen molar-refractivity contribution in [1.82, 2.24) is 14.9 Å². The van der Waals surface area contributed by atoms with Gasteiger partial charge in [-0.1, -0.05) is 36.4 Å². The van der Waals surface area contributed by atoms with E-state index >= 15 is 0 Å². The van der Waals surface area contributed by atoms with Gasteiger partial charge in [-0.2, -0.15) is 13.2 Å². The lowest BCUT2D eigenvalue weighted by Gasteiger charge is -2.28. The molecule has 1 aliphatic rings. The standard InChI is InChI=1S/C21H17F4N3O/c22-17-7-6-13(10-16(17)21(23,24)25)11-28-9-8-18-15(12-28)20(29)27-19(26-18)14-4-2-1-3-5-14/h1-7,10H,8-9,11-12H2,(H,26,27,29). The van der Waals surface area contributed by atoms with Gasteiger partial charge in [-0.3, -0.25) is 9.69 Å². The Balaban J connectivity index is 1.56. The molecule has 0 unspecified atom stereocenters. The number of hydrogen-bond acceptors (Lipinski definition) is 3. The topological polar surface area (TPSA) is 49.0 Å². The fourth-order valence-electron chi connectivity index (χ4n) is 3.49. The fraction of sp³-hybridized carbons (Fsp3) is 0.238. The number of H-pyrrole nitrogens is 1. The molecule has 0 radical (unpaired) electrons. The minimum absolute atomic E-state index is 0.183. The zero-order valence-corrected chi connectivity index (χ0v) is 15.3. The number of fused-ring (bicyclic) bond motifs is 1. The van der Waals surface area contributed by atoms with Crippen molar-refractivity contribution in [2.24, 2.45) is 0 Å². The Hall–Kier alpha value is -3.00. The molecule has 1 aromatic heterocycles. The molecule has 4 nitrogen and oxygen atoms in total. The number of aromatic amines is 1. The first-order valence-electron chi connectivity index (χ1n) is 9.07. The molecule has 0 saturated carbocycles. The summed E-state index contributed by atoms with van der Waals surface area (Å²) in [6.07, 6.45) is -4.24. The van der Waals surface area contributed by atoms with Crippen LogP contribution >= 0.6 is 0 Å². The lowest BCUT2D eigenvalue weighted by atomic mass is 10.0. The van der Waals surface area contributed by atoms with Crippen molar-refractivity contribution in [2.75, 3.05) is 6.54 Å². The SMILES string of the molecule is O=c1[nH]c(-c2ccccc2)nc2c1CN(Cc1ccc(F)c(C(F)(F)F)c1)CC2. The number of alkyl halides is 3. The second-order valence-electron chi connectivity index (χ2n) is 6.98. The summed E-state index contributed by atoms with van der Waals surface area (Å²) in [6, 6.07) is 12.3. The molecule has 0 saturated heterocycles. The molecule has 150 valence electrons. The predicted molar refractivity (Wildman–Crippen MR) is 99.5 cm³/mol. The summed E-state index contributed by atoms with van der Waals surface area (Å²) in [5.74, 6) is -0.796. The molecule has 0 amide bonds. The average Bonchev–Trinajstić information content (AvgIpc) is 2.69. The molecule has 8 heteroatoms. The zero-order valence-electron chi connectivity index (χ0n) is 15.3. The van der Waals surface area contributed by atoms with Crippen LogP contribution in [0.1, 0.15) is 22.4 Å². The van der Waals surface area contributed by atoms with Gasteiger partial charge in [0.2, 0.25) is 0 Å². The monoisotopic (exact) mass is 403 g/mol. The Morgan fingerprint density at radius 2 is 1.86 bits per heavy atom. The third-order valence-corrected chi connectivity index (χ3v) is 4.94. The summed E-state index contributed by atoms with van der Waals surface area (Å²) >= 11 is 0. The minimum atomic E-state index is -4.75. The van der Waals surface area contributed by atoms with Gasteiger partial charge in [0.25, 0.3) is 5.56 Å². The highest BCUT2D eigenvalue weighted by atomic mass is 19.4. The third-order valence-electron chi connectivity index (χ3n) is 4.94. The molecule has 0 spiro atoms. The molecule has 0 atom stereocenters. The Morgan fingerprint density at radius 1 is 1.10 bits per heavy atom. The number of nitrogens with zero attached hydrogens (tertiary/aromatic N) is 2. The number of halogens is 4. The molecule has 3 aromatic rings. The molecular formula is C21H17F4N3O. The molecular weight excluding hydrogens is 386 g/mol. The fourth-order valence-corrected chi connectivity index (χ4v) is 3.49. The Kier molecular flexibility index (Phi) is 4.96. The quantitative estimate of drug-likeness (QED) is 0.669. The normalized spacial score (nSPS) is 14.6. The molecule has 1 N–H and O–H groups in total. The molecule has 0 aliphatic carbocycles. The number of benzene rings is 2. The van der Waals surface area contributed by atoms with Gasteiger partial charge >= 0.3 is 6.18 Å². The van der Waals surface area contributed by atoms with Crippen molar-refractivity contribution in [2.45, 2.75) is 25.7 Å². The van der Waals surface area contributed by atoms with Crippen LogP contribution < -0.4 is 5.56 Å². The van der Waals surface area contributed by atoms with Crippen LogP contribution in [0.3, 0.4) is 0 Å². The molecule has 2 heterocycles. The van der Waals surface area contributed by atoms with E-state index in [1.165, 1.54) is 6.07 Å². The maximum absolute atomic E-state index is 13.5. The first-order valence-corrected chi connectivity index (χ1v) is 9.07. The molecule has 4 rings (SSSR count). The van der Waals surface area contributed by atoms with Gasteiger partial charge in [0.05, 0.1) is 16.8 Å². The van der Waals surface area contributed by atoms with Gasteiger partial charge in [0.15, 0.2) is 0 Å². The lowest BCUT2D eigenvalue weighted by molar-refractivity contribution is -0.140. The largest absolute Gasteiger partial charge is 0.419 e. The van der Waals surface area contributed by atoms with Crippen molar-refractivity contribution >= 4 is 0 Å². The van der Waals surface area contributed by atoms with Crippen LogP contribution in [0.2, 0.25) is 0 Å². The first kappa shape index (κ1) is 19.3. The summed E-state index contributed by atoms with van der Waals surface area (Å²) in [4.78, 5) is 21.8. The van der Waals surface area contributed by atoms with Crippen LogP contribution in [-0.4, -0.2) is 21.4 Å². The van der Waals surface area contributed by atoms with Gasteiger partial charge in [-0.05, 0) is 17.7 Å². The summed E-state index contributed by atoms with van der Waals surface area (Å²) in [7, 11) is 0. The van der Waals surface area contributed by atoms with E-state index in [1.807, 2.05) is 35.2 Å². The Morgan fingerprint density at radius 3 is 2.59 bits per heavy atom. The van der Waals surface area contributed by atoms with E-state index in [0.29, 0.717) is 35.6 Å². The van der Waals surface area contributed by atoms with Crippen LogP contribution in [-0.2, 0) is 25.7 Å². The van der Waals surface area contributed by atoms with Gasteiger partial charge in [0.1, 0.15) is 11.6 Å². The highest BCUT2D eigenvalue weighted by Gasteiger charge is 2.34. The number of hydrogen-bond donors (Lipinski definition) is 1. The third kappa shape index (κ3) is 4.07. The van der Waals surface area contributed by atoms with Crippen molar-refractivity contribution < 1.29 is 17.6 Å². The smallest absolute Gasteiger partial charge is 0.306 e. The van der Waals surface area contributed by atoms with Gasteiger partial charge in [0, 0.05) is 31.6 Å². The average molecular weight is 403 g/mol. The molecule has 2 aromatic carbocycles. The summed E-state index contributed by atoms with van der Waals surface area (Å²) in [5, 5.41) is 0. The van der Waals surface area contributed by atoms with Crippen LogP contribution in [0.15, 0.2) is 53.3 Å². The summed E-state index contributed by atoms with van der Waals surface area (Å²) in [6.45, 7) is 0.991. The van der Waals surface area contributed by atoms with E-state index in [2.05, 4.69) is 9.97 Å². The summed E-state index contributed by atoms with van der Waals surface area (Å²) < 4.78 is 52.3. The molecule has 0 bridgehead atoms. The number of aromatic nitrogens is 2. The Labute approximate surface area is 163 Å². The van der Waals surface area contributed by atoms with E-state index < -0.39 is 17.6 Å². The zero-order chi connectivity index (χ0) is 20.6. The highest BCUT2D eigenvalue weighted by molar-refractivity contribution is 5.54. The molecule has 0 fully saturated rings. The second kappa shape index (κ2) is 7.44. The number of nitrogens with one attached hydrogen (secondary N) is 1. The van der Waals surface area contributed by atoms with E-state index in [9.17, 15) is 22.4 Å². The second-order valence-corrected chi connectivity index (χ2v) is 6.98. The minimum Gasteiger partial charge on any atom is -0.306 e. The van der Waals surface area contributed by atoms with Gasteiger partial charge < -0.3 is 4.98 Å². The van der Waals surface area contributed by atoms with Crippen LogP contribution in [0.4, 0.5) is 17.6 Å². The lowest BCUT2D eigenvalue weighted by Crippen LogP contribution is -2.35. The predicted octanol–water partition coefficient (Wildman–Crippen LogP) is 4.15. The van der Waals surface area contributed by atoms with Crippen molar-refractivity contribution in [3.8, 4) is 11.4 Å². The maximum Gasteiger partial charge on any atom is 0.419 e. The molecule has 29 heavy (non-hydrogen) atoms. The van der Waals surface area contributed by atoms with Crippen molar-refractivity contribution in [3.63, 3.8) is 0 Å². The maximum atomic E-state index is 13.5. The Bertz CT molecular complexity index is 1090. The van der Waals surface area contributed by atoms with Crippen LogP contribution in [0.25, 0.3) is 11.4 Å². The number of rotatable bonds is 3. The molecule has 1 aliphatic heterocycles.